The molecular weight excluding hydrogens is 326 g/mol. The Balaban J connectivity index is 1.44. The fourth-order valence-corrected chi connectivity index (χ4v) is 4.08. The summed E-state index contributed by atoms with van der Waals surface area (Å²) in [4.78, 5) is 8.97. The first-order valence-corrected chi connectivity index (χ1v) is 8.79. The van der Waals surface area contributed by atoms with Gasteiger partial charge in [-0.15, -0.1) is 0 Å². The molecule has 2 aliphatic rings. The summed E-state index contributed by atoms with van der Waals surface area (Å²) in [5.74, 6) is 0.395. The van der Waals surface area contributed by atoms with Gasteiger partial charge in [0, 0.05) is 38.3 Å². The maximum atomic E-state index is 14.0. The lowest BCUT2D eigenvalue weighted by Gasteiger charge is -2.39. The highest BCUT2D eigenvalue weighted by molar-refractivity contribution is 5.36. The van der Waals surface area contributed by atoms with Crippen molar-refractivity contribution in [1.82, 2.24) is 19.9 Å². The number of aromatic nitrogens is 2. The van der Waals surface area contributed by atoms with Crippen molar-refractivity contribution in [1.29, 1.82) is 0 Å². The summed E-state index contributed by atoms with van der Waals surface area (Å²) >= 11 is 0. The molecule has 134 valence electrons. The molecule has 1 saturated heterocycles. The van der Waals surface area contributed by atoms with E-state index in [1.165, 1.54) is 6.07 Å². The zero-order chi connectivity index (χ0) is 17.6. The molecule has 4 rings (SSSR count). The Bertz CT molecular complexity index is 770. The third-order valence-corrected chi connectivity index (χ3v) is 5.46. The summed E-state index contributed by atoms with van der Waals surface area (Å²) in [6, 6.07) is 2.69. The van der Waals surface area contributed by atoms with Crippen molar-refractivity contribution in [2.24, 2.45) is 0 Å². The molecule has 0 amide bonds. The lowest BCUT2D eigenvalue weighted by Crippen LogP contribution is -2.48. The molecule has 0 unspecified atom stereocenters. The van der Waals surface area contributed by atoms with E-state index in [0.29, 0.717) is 23.7 Å². The highest BCUT2D eigenvalue weighted by Gasteiger charge is 2.34. The van der Waals surface area contributed by atoms with E-state index in [0.717, 1.165) is 44.2 Å². The van der Waals surface area contributed by atoms with Crippen molar-refractivity contribution in [2.75, 3.05) is 26.2 Å². The molecule has 0 N–H and O–H groups in total. The normalized spacial score (nSPS) is 23.0. The van der Waals surface area contributed by atoms with Crippen LogP contribution in [0.1, 0.15) is 48.3 Å². The summed E-state index contributed by atoms with van der Waals surface area (Å²) in [6.07, 6.45) is 1.54. The molecule has 0 bridgehead atoms. The van der Waals surface area contributed by atoms with Crippen LogP contribution < -0.4 is 0 Å². The van der Waals surface area contributed by atoms with Crippen molar-refractivity contribution >= 4 is 0 Å². The van der Waals surface area contributed by atoms with Gasteiger partial charge in [0.05, 0.1) is 6.04 Å². The Labute approximate surface area is 145 Å². The van der Waals surface area contributed by atoms with E-state index in [1.54, 1.807) is 0 Å². The van der Waals surface area contributed by atoms with Gasteiger partial charge in [0.1, 0.15) is 11.6 Å². The van der Waals surface area contributed by atoms with Gasteiger partial charge in [-0.25, -0.2) is 8.78 Å². The molecule has 0 saturated carbocycles. The van der Waals surface area contributed by atoms with E-state index >= 15 is 0 Å². The molecule has 7 heteroatoms. The van der Waals surface area contributed by atoms with Gasteiger partial charge in [0.2, 0.25) is 5.89 Å². The number of piperazine rings is 1. The maximum absolute atomic E-state index is 14.0. The summed E-state index contributed by atoms with van der Waals surface area (Å²) in [5.41, 5.74) is 1.51. The highest BCUT2D eigenvalue weighted by atomic mass is 19.1. The second kappa shape index (κ2) is 6.46. The molecule has 1 fully saturated rings. The fourth-order valence-electron chi connectivity index (χ4n) is 4.08. The predicted octanol–water partition coefficient (Wildman–Crippen LogP) is 3.02. The number of halogens is 2. The van der Waals surface area contributed by atoms with Crippen molar-refractivity contribution in [3.63, 3.8) is 0 Å². The number of benzene rings is 1. The highest BCUT2D eigenvalue weighted by Crippen LogP contribution is 2.38. The topological polar surface area (TPSA) is 45.4 Å². The van der Waals surface area contributed by atoms with E-state index in [4.69, 9.17) is 4.52 Å². The molecule has 1 aliphatic heterocycles. The Morgan fingerprint density at radius 3 is 2.64 bits per heavy atom. The summed E-state index contributed by atoms with van der Waals surface area (Å²) in [7, 11) is 0. The third-order valence-electron chi connectivity index (χ3n) is 5.46. The van der Waals surface area contributed by atoms with Gasteiger partial charge in [0.15, 0.2) is 5.82 Å². The minimum Gasteiger partial charge on any atom is -0.338 e. The van der Waals surface area contributed by atoms with Gasteiger partial charge in [-0.3, -0.25) is 9.80 Å². The molecule has 1 aliphatic carbocycles. The molecule has 1 aromatic carbocycles. The molecule has 2 atom stereocenters. The van der Waals surface area contributed by atoms with Crippen LogP contribution in [0, 0.1) is 18.6 Å². The van der Waals surface area contributed by atoms with Gasteiger partial charge < -0.3 is 4.52 Å². The molecular formula is C18H22F2N4O. The van der Waals surface area contributed by atoms with Gasteiger partial charge in [-0.05, 0) is 43.9 Å². The van der Waals surface area contributed by atoms with Crippen molar-refractivity contribution in [3.05, 3.63) is 46.6 Å². The van der Waals surface area contributed by atoms with Crippen LogP contribution in [0.3, 0.4) is 0 Å². The third kappa shape index (κ3) is 3.06. The molecule has 2 heterocycles. The first-order valence-electron chi connectivity index (χ1n) is 8.79. The van der Waals surface area contributed by atoms with E-state index in [1.807, 2.05) is 6.92 Å². The minimum atomic E-state index is -0.484. The van der Waals surface area contributed by atoms with Gasteiger partial charge >= 0.3 is 0 Å². The average Bonchev–Trinajstić information content (AvgIpc) is 3.21. The Kier molecular flexibility index (Phi) is 4.29. The first-order chi connectivity index (χ1) is 12.0. The zero-order valence-corrected chi connectivity index (χ0v) is 14.5. The number of hydrogen-bond acceptors (Lipinski definition) is 5. The largest absolute Gasteiger partial charge is 0.338 e. The number of nitrogens with zero attached hydrogens (tertiary/aromatic N) is 4. The molecule has 5 nitrogen and oxygen atoms in total. The number of aryl methyl sites for hydroxylation is 1. The number of hydrogen-bond donors (Lipinski definition) is 0. The van der Waals surface area contributed by atoms with Crippen LogP contribution in [-0.4, -0.2) is 46.1 Å². The fraction of sp³-hybridized carbons (Fsp3) is 0.556. The molecule has 1 aromatic heterocycles. The van der Waals surface area contributed by atoms with Crippen molar-refractivity contribution in [2.45, 2.75) is 38.8 Å². The van der Waals surface area contributed by atoms with Gasteiger partial charge in [-0.1, -0.05) is 5.16 Å². The summed E-state index contributed by atoms with van der Waals surface area (Å²) in [5, 5.41) is 3.86. The zero-order valence-electron chi connectivity index (χ0n) is 14.5. The minimum absolute atomic E-state index is 0.0779. The van der Waals surface area contributed by atoms with E-state index in [-0.39, 0.29) is 12.1 Å². The molecule has 2 aromatic rings. The Hall–Kier alpha value is -1.86. The SMILES string of the molecule is Cc1noc([C@@H](C)N2CCN([C@H]3CCc4c(F)cc(F)cc43)CC2)n1. The Morgan fingerprint density at radius 1 is 1.20 bits per heavy atom. The smallest absolute Gasteiger partial charge is 0.243 e. The van der Waals surface area contributed by atoms with Crippen LogP contribution in [-0.2, 0) is 6.42 Å². The molecule has 0 spiro atoms. The quantitative estimate of drug-likeness (QED) is 0.853. The van der Waals surface area contributed by atoms with E-state index < -0.39 is 11.6 Å². The van der Waals surface area contributed by atoms with E-state index in [2.05, 4.69) is 26.9 Å². The number of fused-ring (bicyclic) bond motifs is 1. The number of rotatable bonds is 3. The Morgan fingerprint density at radius 2 is 1.96 bits per heavy atom. The van der Waals surface area contributed by atoms with Gasteiger partial charge in [-0.2, -0.15) is 4.98 Å². The maximum Gasteiger partial charge on any atom is 0.243 e. The average molecular weight is 348 g/mol. The van der Waals surface area contributed by atoms with E-state index in [9.17, 15) is 8.78 Å². The van der Waals surface area contributed by atoms with Crippen LogP contribution in [0.5, 0.6) is 0 Å². The second-order valence-electron chi connectivity index (χ2n) is 6.94. The second-order valence-corrected chi connectivity index (χ2v) is 6.94. The van der Waals surface area contributed by atoms with Crippen LogP contribution in [0.4, 0.5) is 8.78 Å². The standard InChI is InChI=1S/C18H22F2N4O/c1-11(18-21-12(2)22-25-18)23-5-7-24(8-6-23)17-4-3-14-15(17)9-13(19)10-16(14)20/h9-11,17H,3-8H2,1-2H3/t11-,17+/m1/s1. The van der Waals surface area contributed by atoms with Crippen LogP contribution in [0.2, 0.25) is 0 Å². The molecule has 25 heavy (non-hydrogen) atoms. The van der Waals surface area contributed by atoms with Gasteiger partial charge in [0.25, 0.3) is 0 Å². The van der Waals surface area contributed by atoms with Crippen molar-refractivity contribution in [3.8, 4) is 0 Å². The van der Waals surface area contributed by atoms with Crippen LogP contribution >= 0.6 is 0 Å². The first kappa shape index (κ1) is 16.6. The lowest BCUT2D eigenvalue weighted by atomic mass is 10.0. The predicted molar refractivity (Wildman–Crippen MR) is 88.0 cm³/mol. The van der Waals surface area contributed by atoms with Crippen molar-refractivity contribution < 1.29 is 13.3 Å². The molecule has 0 radical (unpaired) electrons. The van der Waals surface area contributed by atoms with Crippen LogP contribution in [0.15, 0.2) is 16.7 Å². The monoisotopic (exact) mass is 348 g/mol. The summed E-state index contributed by atoms with van der Waals surface area (Å²) < 4.78 is 32.9. The summed E-state index contributed by atoms with van der Waals surface area (Å²) in [6.45, 7) is 7.34. The van der Waals surface area contributed by atoms with Crippen LogP contribution in [0.25, 0.3) is 0 Å². The lowest BCUT2D eigenvalue weighted by molar-refractivity contribution is 0.0634.